The zero-order valence-corrected chi connectivity index (χ0v) is 8.00. The number of nitrogens with two attached hydrogens (primary N) is 2. The molecule has 0 fully saturated rings. The van der Waals surface area contributed by atoms with Crippen molar-refractivity contribution >= 4 is 18.1 Å². The Bertz CT molecular complexity index is 257. The summed E-state index contributed by atoms with van der Waals surface area (Å²) < 4.78 is 0. The highest BCUT2D eigenvalue weighted by Gasteiger charge is 2.04. The number of hydrogen-bond acceptors (Lipinski definition) is 4. The summed E-state index contributed by atoms with van der Waals surface area (Å²) in [6.45, 7) is -0.0260. The van der Waals surface area contributed by atoms with Gasteiger partial charge >= 0.3 is 0 Å². The fraction of sp³-hybridized carbons (Fsp3) is 0.375. The van der Waals surface area contributed by atoms with Crippen molar-refractivity contribution in [2.45, 2.75) is 12.5 Å². The van der Waals surface area contributed by atoms with Crippen LogP contribution < -0.4 is 11.5 Å². The first kappa shape index (κ1) is 12.2. The Morgan fingerprint density at radius 2 is 2.23 bits per heavy atom. The lowest BCUT2D eigenvalue weighted by molar-refractivity contribution is 0.265. The molecule has 0 radical (unpaired) electrons. The second-order valence-electron chi connectivity index (χ2n) is 2.72. The van der Waals surface area contributed by atoms with Crippen molar-refractivity contribution in [1.82, 2.24) is 4.98 Å². The van der Waals surface area contributed by atoms with Crippen LogP contribution in [0.3, 0.4) is 0 Å². The van der Waals surface area contributed by atoms with E-state index < -0.39 is 0 Å². The summed E-state index contributed by atoms with van der Waals surface area (Å²) in [6.07, 6.45) is 3.83. The first-order valence-electron chi connectivity index (χ1n) is 3.79. The van der Waals surface area contributed by atoms with E-state index in [1.165, 1.54) is 0 Å². The largest absolute Gasteiger partial charge is 0.397 e. The molecule has 0 aliphatic carbocycles. The molecule has 74 valence electrons. The summed E-state index contributed by atoms with van der Waals surface area (Å²) >= 11 is 0. The minimum atomic E-state index is -0.241. The van der Waals surface area contributed by atoms with Gasteiger partial charge in [0.15, 0.2) is 0 Å². The van der Waals surface area contributed by atoms with Gasteiger partial charge in [0.1, 0.15) is 0 Å². The van der Waals surface area contributed by atoms with E-state index in [0.717, 1.165) is 5.56 Å². The van der Waals surface area contributed by atoms with Gasteiger partial charge in [-0.1, -0.05) is 0 Å². The second kappa shape index (κ2) is 5.75. The van der Waals surface area contributed by atoms with E-state index >= 15 is 0 Å². The van der Waals surface area contributed by atoms with Gasteiger partial charge in [-0.15, -0.1) is 12.4 Å². The fourth-order valence-electron chi connectivity index (χ4n) is 0.968. The Morgan fingerprint density at radius 1 is 1.54 bits per heavy atom. The summed E-state index contributed by atoms with van der Waals surface area (Å²) in [6, 6.07) is 1.57. The number of aliphatic hydroxyl groups excluding tert-OH is 1. The summed E-state index contributed by atoms with van der Waals surface area (Å²) in [5.74, 6) is 0. The third-order valence-electron chi connectivity index (χ3n) is 1.66. The maximum absolute atomic E-state index is 8.71. The Labute approximate surface area is 83.4 Å². The lowest BCUT2D eigenvalue weighted by Gasteiger charge is -2.09. The molecular formula is C8H14ClN3O. The van der Waals surface area contributed by atoms with Crippen molar-refractivity contribution in [1.29, 1.82) is 0 Å². The molecule has 1 unspecified atom stereocenters. The van der Waals surface area contributed by atoms with E-state index in [1.807, 2.05) is 6.07 Å². The SMILES string of the molecule is Cl.Nc1cnccc1CC(N)CO. The molecule has 1 rings (SSSR count). The van der Waals surface area contributed by atoms with Gasteiger partial charge in [0.25, 0.3) is 0 Å². The highest BCUT2D eigenvalue weighted by atomic mass is 35.5. The first-order valence-corrected chi connectivity index (χ1v) is 3.79. The van der Waals surface area contributed by atoms with Crippen molar-refractivity contribution < 1.29 is 5.11 Å². The first-order chi connectivity index (χ1) is 5.74. The van der Waals surface area contributed by atoms with Crippen molar-refractivity contribution in [3.8, 4) is 0 Å². The molecule has 0 amide bonds. The smallest absolute Gasteiger partial charge is 0.0585 e. The highest BCUT2D eigenvalue weighted by Crippen LogP contribution is 2.09. The van der Waals surface area contributed by atoms with Gasteiger partial charge in [0, 0.05) is 12.2 Å². The van der Waals surface area contributed by atoms with E-state index in [0.29, 0.717) is 12.1 Å². The lowest BCUT2D eigenvalue weighted by atomic mass is 10.1. The number of aliphatic hydroxyl groups is 1. The third kappa shape index (κ3) is 3.59. The van der Waals surface area contributed by atoms with Crippen LogP contribution in [0.25, 0.3) is 0 Å². The van der Waals surface area contributed by atoms with E-state index in [-0.39, 0.29) is 25.1 Å². The lowest BCUT2D eigenvalue weighted by Crippen LogP contribution is -2.27. The predicted octanol–water partition coefficient (Wildman–Crippen LogP) is -0.0523. The van der Waals surface area contributed by atoms with Crippen LogP contribution in [0, 0.1) is 0 Å². The molecule has 1 aromatic rings. The summed E-state index contributed by atoms with van der Waals surface area (Å²) in [5, 5.41) is 8.71. The van der Waals surface area contributed by atoms with Crippen LogP contribution in [0.5, 0.6) is 0 Å². The van der Waals surface area contributed by atoms with Crippen molar-refractivity contribution in [3.05, 3.63) is 24.0 Å². The standard InChI is InChI=1S/C8H13N3O.ClH/c9-7(5-12)3-6-1-2-11-4-8(6)10;/h1-2,4,7,12H,3,5,9-10H2;1H. The van der Waals surface area contributed by atoms with E-state index in [4.69, 9.17) is 16.6 Å². The van der Waals surface area contributed by atoms with Crippen molar-refractivity contribution in [2.75, 3.05) is 12.3 Å². The van der Waals surface area contributed by atoms with Crippen LogP contribution in [0.2, 0.25) is 0 Å². The van der Waals surface area contributed by atoms with Crippen LogP contribution in [-0.2, 0) is 6.42 Å². The number of nitrogens with zero attached hydrogens (tertiary/aromatic N) is 1. The molecule has 5 N–H and O–H groups in total. The Kier molecular flexibility index (Phi) is 5.37. The maximum Gasteiger partial charge on any atom is 0.0585 e. The molecule has 0 spiro atoms. The maximum atomic E-state index is 8.71. The predicted molar refractivity (Wildman–Crippen MR) is 54.7 cm³/mol. The normalized spacial score (nSPS) is 11.8. The van der Waals surface area contributed by atoms with Crippen LogP contribution in [0.4, 0.5) is 5.69 Å². The topological polar surface area (TPSA) is 85.2 Å². The summed E-state index contributed by atoms with van der Waals surface area (Å²) in [4.78, 5) is 3.85. The summed E-state index contributed by atoms with van der Waals surface area (Å²) in [7, 11) is 0. The molecule has 0 aliphatic heterocycles. The molecule has 0 aliphatic rings. The zero-order valence-electron chi connectivity index (χ0n) is 7.18. The average Bonchev–Trinajstić information content (AvgIpc) is 2.09. The van der Waals surface area contributed by atoms with E-state index in [1.54, 1.807) is 12.4 Å². The molecule has 1 heterocycles. The quantitative estimate of drug-likeness (QED) is 0.643. The molecule has 0 saturated carbocycles. The van der Waals surface area contributed by atoms with Gasteiger partial charge in [-0.2, -0.15) is 0 Å². The van der Waals surface area contributed by atoms with Gasteiger partial charge < -0.3 is 16.6 Å². The minimum Gasteiger partial charge on any atom is -0.397 e. The van der Waals surface area contributed by atoms with Crippen molar-refractivity contribution in [2.24, 2.45) is 5.73 Å². The van der Waals surface area contributed by atoms with Gasteiger partial charge in [-0.25, -0.2) is 0 Å². The van der Waals surface area contributed by atoms with Crippen LogP contribution in [-0.4, -0.2) is 22.7 Å². The van der Waals surface area contributed by atoms with Crippen LogP contribution >= 0.6 is 12.4 Å². The molecule has 0 saturated heterocycles. The molecule has 0 aromatic carbocycles. The Morgan fingerprint density at radius 3 is 2.77 bits per heavy atom. The Balaban J connectivity index is 0.00000144. The van der Waals surface area contributed by atoms with E-state index in [2.05, 4.69) is 4.98 Å². The third-order valence-corrected chi connectivity index (χ3v) is 1.66. The van der Waals surface area contributed by atoms with Gasteiger partial charge in [0.05, 0.1) is 18.5 Å². The molecule has 4 nitrogen and oxygen atoms in total. The molecule has 1 atom stereocenters. The molecule has 5 heteroatoms. The number of anilines is 1. The number of aromatic nitrogens is 1. The van der Waals surface area contributed by atoms with Crippen LogP contribution in [0.15, 0.2) is 18.5 Å². The van der Waals surface area contributed by atoms with Crippen LogP contribution in [0.1, 0.15) is 5.56 Å². The molecule has 0 bridgehead atoms. The van der Waals surface area contributed by atoms with Gasteiger partial charge in [0.2, 0.25) is 0 Å². The fourth-order valence-corrected chi connectivity index (χ4v) is 0.968. The summed E-state index contributed by atoms with van der Waals surface area (Å²) in [5.41, 5.74) is 12.7. The Hall–Kier alpha value is -0.840. The van der Waals surface area contributed by atoms with Gasteiger partial charge in [-0.3, -0.25) is 4.98 Å². The molecule has 13 heavy (non-hydrogen) atoms. The number of pyridine rings is 1. The van der Waals surface area contributed by atoms with Gasteiger partial charge in [-0.05, 0) is 18.1 Å². The van der Waals surface area contributed by atoms with E-state index in [9.17, 15) is 0 Å². The number of halogens is 1. The monoisotopic (exact) mass is 203 g/mol. The number of hydrogen-bond donors (Lipinski definition) is 3. The molecule has 1 aromatic heterocycles. The average molecular weight is 204 g/mol. The highest BCUT2D eigenvalue weighted by molar-refractivity contribution is 5.85. The zero-order chi connectivity index (χ0) is 8.97. The minimum absolute atomic E-state index is 0. The van der Waals surface area contributed by atoms with Crippen molar-refractivity contribution in [3.63, 3.8) is 0 Å². The second-order valence-corrected chi connectivity index (χ2v) is 2.72. The number of rotatable bonds is 3. The molecular weight excluding hydrogens is 190 g/mol. The number of nitrogen functional groups attached to an aromatic ring is 1.